The lowest BCUT2D eigenvalue weighted by atomic mass is 10.2. The Labute approximate surface area is 80.4 Å². The predicted molar refractivity (Wildman–Crippen MR) is 53.6 cm³/mol. The number of rotatable bonds is 1. The van der Waals surface area contributed by atoms with Crippen LogP contribution in [0.25, 0.3) is 10.4 Å². The number of thiophene rings is 1. The van der Waals surface area contributed by atoms with Gasteiger partial charge in [-0.15, -0.1) is 11.3 Å². The van der Waals surface area contributed by atoms with E-state index in [-0.39, 0.29) is 0 Å². The molecule has 0 saturated carbocycles. The molecule has 2 heteroatoms. The van der Waals surface area contributed by atoms with Crippen LogP contribution < -0.4 is 0 Å². The fraction of sp³-hybridized carbons (Fsp3) is 0. The van der Waals surface area contributed by atoms with Crippen molar-refractivity contribution in [3.8, 4) is 10.4 Å². The molecule has 0 aliphatic heterocycles. The third-order valence-corrected chi connectivity index (χ3v) is 2.71. The second kappa shape index (κ2) is 3.30. The van der Waals surface area contributed by atoms with Crippen molar-refractivity contribution < 1.29 is 0 Å². The molecule has 0 fully saturated rings. The van der Waals surface area contributed by atoms with Gasteiger partial charge in [-0.25, -0.2) is 0 Å². The van der Waals surface area contributed by atoms with E-state index in [2.05, 4.69) is 6.07 Å². The van der Waals surface area contributed by atoms with Crippen molar-refractivity contribution in [3.63, 3.8) is 0 Å². The Morgan fingerprint density at radius 2 is 1.92 bits per heavy atom. The molecule has 0 aliphatic rings. The van der Waals surface area contributed by atoms with Crippen LogP contribution in [0.2, 0.25) is 5.02 Å². The van der Waals surface area contributed by atoms with Gasteiger partial charge in [0, 0.05) is 9.90 Å². The van der Waals surface area contributed by atoms with Crippen molar-refractivity contribution in [2.75, 3.05) is 0 Å². The van der Waals surface area contributed by atoms with Gasteiger partial charge in [-0.05, 0) is 35.2 Å². The number of halogens is 1. The molecule has 59 valence electrons. The highest BCUT2D eigenvalue weighted by atomic mass is 35.5. The molecule has 0 N–H and O–H groups in total. The summed E-state index contributed by atoms with van der Waals surface area (Å²) >= 11 is 7.45. The van der Waals surface area contributed by atoms with E-state index >= 15 is 0 Å². The predicted octanol–water partition coefficient (Wildman–Crippen LogP) is 3.87. The zero-order valence-electron chi connectivity index (χ0n) is 6.25. The first-order valence-electron chi connectivity index (χ1n) is 3.57. The Morgan fingerprint density at radius 3 is 2.50 bits per heavy atom. The normalized spacial score (nSPS) is 10.1. The van der Waals surface area contributed by atoms with E-state index in [0.717, 1.165) is 5.02 Å². The van der Waals surface area contributed by atoms with Crippen molar-refractivity contribution in [3.05, 3.63) is 46.8 Å². The van der Waals surface area contributed by atoms with Crippen LogP contribution in [0.1, 0.15) is 0 Å². The van der Waals surface area contributed by atoms with E-state index in [1.54, 1.807) is 11.3 Å². The molecular formula is C10H6ClS. The molecule has 2 rings (SSSR count). The van der Waals surface area contributed by atoms with Crippen LogP contribution in [-0.2, 0) is 0 Å². The summed E-state index contributed by atoms with van der Waals surface area (Å²) in [7, 11) is 0. The van der Waals surface area contributed by atoms with Crippen LogP contribution in [0.4, 0.5) is 0 Å². The Morgan fingerprint density at radius 1 is 1.17 bits per heavy atom. The summed E-state index contributed by atoms with van der Waals surface area (Å²) in [6.07, 6.45) is 0. The lowest BCUT2D eigenvalue weighted by molar-refractivity contribution is 1.69. The molecule has 1 aromatic heterocycles. The van der Waals surface area contributed by atoms with Crippen LogP contribution in [0, 0.1) is 6.07 Å². The topological polar surface area (TPSA) is 0 Å². The van der Waals surface area contributed by atoms with E-state index in [0.29, 0.717) is 0 Å². The minimum atomic E-state index is 0.777. The zero-order valence-corrected chi connectivity index (χ0v) is 7.82. The highest BCUT2D eigenvalue weighted by Gasteiger charge is 1.96. The van der Waals surface area contributed by atoms with E-state index in [1.807, 2.05) is 35.7 Å². The maximum Gasteiger partial charge on any atom is 0.0406 e. The summed E-state index contributed by atoms with van der Waals surface area (Å²) < 4.78 is 0. The van der Waals surface area contributed by atoms with Gasteiger partial charge in [-0.1, -0.05) is 23.7 Å². The first-order valence-corrected chi connectivity index (χ1v) is 4.82. The lowest BCUT2D eigenvalue weighted by Gasteiger charge is -1.95. The molecule has 1 radical (unpaired) electrons. The molecule has 1 aromatic carbocycles. The third kappa shape index (κ3) is 1.52. The quantitative estimate of drug-likeness (QED) is 0.645. The van der Waals surface area contributed by atoms with E-state index < -0.39 is 0 Å². The maximum absolute atomic E-state index is 5.77. The summed E-state index contributed by atoms with van der Waals surface area (Å²) in [5, 5.41) is 2.73. The van der Waals surface area contributed by atoms with Gasteiger partial charge in [-0.2, -0.15) is 0 Å². The van der Waals surface area contributed by atoms with Crippen molar-refractivity contribution in [2.24, 2.45) is 0 Å². The van der Waals surface area contributed by atoms with Crippen LogP contribution in [0.5, 0.6) is 0 Å². The van der Waals surface area contributed by atoms with Crippen LogP contribution in [0.3, 0.4) is 0 Å². The van der Waals surface area contributed by atoms with Crippen molar-refractivity contribution >= 4 is 22.9 Å². The molecule has 0 amide bonds. The van der Waals surface area contributed by atoms with Crippen molar-refractivity contribution in [2.45, 2.75) is 0 Å². The molecule has 12 heavy (non-hydrogen) atoms. The van der Waals surface area contributed by atoms with Crippen LogP contribution in [0.15, 0.2) is 35.7 Å². The second-order valence-corrected chi connectivity index (χ2v) is 3.77. The zero-order chi connectivity index (χ0) is 8.39. The van der Waals surface area contributed by atoms with E-state index in [1.165, 1.54) is 10.4 Å². The van der Waals surface area contributed by atoms with E-state index in [4.69, 9.17) is 11.6 Å². The van der Waals surface area contributed by atoms with Crippen LogP contribution in [-0.4, -0.2) is 0 Å². The highest BCUT2D eigenvalue weighted by molar-refractivity contribution is 7.13. The van der Waals surface area contributed by atoms with Crippen LogP contribution >= 0.6 is 22.9 Å². The molecule has 2 aromatic rings. The van der Waals surface area contributed by atoms with Crippen molar-refractivity contribution in [1.29, 1.82) is 0 Å². The standard InChI is InChI=1S/C10H6ClS/c11-9-5-3-8(4-6-9)10-2-1-7-12-10/h2-7H. The number of hydrogen-bond acceptors (Lipinski definition) is 1. The Bertz CT molecular complexity index is 348. The van der Waals surface area contributed by atoms with Crippen molar-refractivity contribution in [1.82, 2.24) is 0 Å². The molecular weight excluding hydrogens is 188 g/mol. The third-order valence-electron chi connectivity index (χ3n) is 1.60. The van der Waals surface area contributed by atoms with Gasteiger partial charge in [0.05, 0.1) is 0 Å². The molecule has 0 saturated heterocycles. The van der Waals surface area contributed by atoms with E-state index in [9.17, 15) is 0 Å². The molecule has 0 aliphatic carbocycles. The summed E-state index contributed by atoms with van der Waals surface area (Å²) in [5.74, 6) is 0. The minimum Gasteiger partial charge on any atom is -0.143 e. The summed E-state index contributed by atoms with van der Waals surface area (Å²) in [6, 6.07) is 12.8. The van der Waals surface area contributed by atoms with Gasteiger partial charge in [0.15, 0.2) is 0 Å². The lowest BCUT2D eigenvalue weighted by Crippen LogP contribution is -1.69. The Kier molecular flexibility index (Phi) is 2.15. The average molecular weight is 194 g/mol. The van der Waals surface area contributed by atoms with Gasteiger partial charge in [0.25, 0.3) is 0 Å². The summed E-state index contributed by atoms with van der Waals surface area (Å²) in [4.78, 5) is 1.23. The fourth-order valence-corrected chi connectivity index (χ4v) is 1.80. The SMILES string of the molecule is Clc1ccc(-c2c[c]cs2)cc1. The minimum absolute atomic E-state index is 0.777. The second-order valence-electron chi connectivity index (χ2n) is 2.42. The van der Waals surface area contributed by atoms with Gasteiger partial charge >= 0.3 is 0 Å². The molecule has 0 atom stereocenters. The molecule has 0 spiro atoms. The maximum atomic E-state index is 5.77. The first kappa shape index (κ1) is 7.84. The highest BCUT2D eigenvalue weighted by Crippen LogP contribution is 2.25. The monoisotopic (exact) mass is 193 g/mol. The smallest absolute Gasteiger partial charge is 0.0406 e. The molecule has 1 heterocycles. The number of hydrogen-bond donors (Lipinski definition) is 0. The van der Waals surface area contributed by atoms with Gasteiger partial charge < -0.3 is 0 Å². The summed E-state index contributed by atoms with van der Waals surface area (Å²) in [6.45, 7) is 0. The molecule has 0 bridgehead atoms. The Hall–Kier alpha value is -0.790. The number of benzene rings is 1. The molecule has 0 nitrogen and oxygen atoms in total. The summed E-state index contributed by atoms with van der Waals surface area (Å²) in [5.41, 5.74) is 1.20. The Balaban J connectivity index is 2.43. The molecule has 0 unspecified atom stereocenters. The van der Waals surface area contributed by atoms with Gasteiger partial charge in [0.1, 0.15) is 0 Å². The van der Waals surface area contributed by atoms with Gasteiger partial charge in [0.2, 0.25) is 0 Å². The fourth-order valence-electron chi connectivity index (χ4n) is 1.01. The average Bonchev–Trinajstić information content (AvgIpc) is 2.58. The van der Waals surface area contributed by atoms with Gasteiger partial charge in [-0.3, -0.25) is 0 Å². The first-order chi connectivity index (χ1) is 5.86. The largest absolute Gasteiger partial charge is 0.143 e.